The highest BCUT2D eigenvalue weighted by molar-refractivity contribution is 7.07. The smallest absolute Gasteiger partial charge is 0.0795 e. The molecule has 3 heteroatoms. The lowest BCUT2D eigenvalue weighted by molar-refractivity contribution is 0.125. The summed E-state index contributed by atoms with van der Waals surface area (Å²) in [7, 11) is 0. The second-order valence-electron chi connectivity index (χ2n) is 4.63. The molecular weight excluding hydrogens is 180 g/mol. The molecule has 0 saturated heterocycles. The second kappa shape index (κ2) is 3.39. The highest BCUT2D eigenvalue weighted by Crippen LogP contribution is 2.39. The maximum absolute atomic E-state index is 4.24. The van der Waals surface area contributed by atoms with E-state index in [2.05, 4.69) is 29.5 Å². The van der Waals surface area contributed by atoms with Crippen LogP contribution in [0, 0.1) is 5.41 Å². The molecule has 13 heavy (non-hydrogen) atoms. The summed E-state index contributed by atoms with van der Waals surface area (Å²) in [5.41, 5.74) is 3.64. The van der Waals surface area contributed by atoms with Gasteiger partial charge in [-0.25, -0.2) is 4.98 Å². The van der Waals surface area contributed by atoms with E-state index in [1.807, 2.05) is 5.51 Å². The van der Waals surface area contributed by atoms with E-state index >= 15 is 0 Å². The summed E-state index contributed by atoms with van der Waals surface area (Å²) in [4.78, 5) is 4.24. The van der Waals surface area contributed by atoms with Gasteiger partial charge in [0, 0.05) is 18.0 Å². The van der Waals surface area contributed by atoms with Crippen molar-refractivity contribution >= 4 is 11.3 Å². The number of rotatable bonds is 3. The van der Waals surface area contributed by atoms with Gasteiger partial charge in [-0.3, -0.25) is 0 Å². The van der Waals surface area contributed by atoms with Gasteiger partial charge < -0.3 is 5.32 Å². The summed E-state index contributed by atoms with van der Waals surface area (Å²) in [6.45, 7) is 5.59. The molecule has 72 valence electrons. The zero-order valence-corrected chi connectivity index (χ0v) is 9.03. The van der Waals surface area contributed by atoms with Gasteiger partial charge in [0.25, 0.3) is 0 Å². The minimum Gasteiger partial charge on any atom is -0.308 e. The van der Waals surface area contributed by atoms with Crippen molar-refractivity contribution in [3.8, 4) is 0 Å². The van der Waals surface area contributed by atoms with E-state index in [-0.39, 0.29) is 0 Å². The first-order chi connectivity index (χ1) is 6.16. The van der Waals surface area contributed by atoms with Crippen LogP contribution in [0.3, 0.4) is 0 Å². The predicted molar refractivity (Wildman–Crippen MR) is 55.8 cm³/mol. The summed E-state index contributed by atoms with van der Waals surface area (Å²) >= 11 is 1.67. The monoisotopic (exact) mass is 196 g/mol. The molecule has 1 aromatic heterocycles. The van der Waals surface area contributed by atoms with Crippen LogP contribution in [0.2, 0.25) is 0 Å². The fourth-order valence-electron chi connectivity index (χ4n) is 1.99. The van der Waals surface area contributed by atoms with Crippen LogP contribution >= 0.6 is 11.3 Å². The maximum atomic E-state index is 4.24. The number of aromatic nitrogens is 1. The summed E-state index contributed by atoms with van der Waals surface area (Å²) < 4.78 is 0. The van der Waals surface area contributed by atoms with Crippen LogP contribution < -0.4 is 5.32 Å². The Bertz CT molecular complexity index is 258. The quantitative estimate of drug-likeness (QED) is 0.803. The minimum absolute atomic E-state index is 0.569. The van der Waals surface area contributed by atoms with Gasteiger partial charge in [0.1, 0.15) is 0 Å². The van der Waals surface area contributed by atoms with E-state index in [1.165, 1.54) is 18.5 Å². The third-order valence-electron chi connectivity index (χ3n) is 2.65. The van der Waals surface area contributed by atoms with Crippen molar-refractivity contribution in [1.29, 1.82) is 0 Å². The van der Waals surface area contributed by atoms with Crippen LogP contribution in [0.5, 0.6) is 0 Å². The van der Waals surface area contributed by atoms with Crippen molar-refractivity contribution in [1.82, 2.24) is 10.3 Å². The average molecular weight is 196 g/mol. The van der Waals surface area contributed by atoms with Crippen LogP contribution in [0.25, 0.3) is 0 Å². The first-order valence-corrected chi connectivity index (χ1v) is 5.70. The van der Waals surface area contributed by atoms with E-state index in [1.54, 1.807) is 11.3 Å². The number of hydrogen-bond donors (Lipinski definition) is 1. The zero-order chi connectivity index (χ0) is 9.31. The molecule has 0 bridgehead atoms. The minimum atomic E-state index is 0.569. The fraction of sp³-hybridized carbons (Fsp3) is 0.700. The molecule has 1 saturated carbocycles. The molecule has 1 N–H and O–H groups in total. The number of nitrogens with one attached hydrogen (secondary N) is 1. The highest BCUT2D eigenvalue weighted by atomic mass is 32.1. The van der Waals surface area contributed by atoms with E-state index in [9.17, 15) is 0 Å². The third-order valence-corrected chi connectivity index (χ3v) is 3.29. The Morgan fingerprint density at radius 3 is 2.92 bits per heavy atom. The second-order valence-corrected chi connectivity index (χ2v) is 5.35. The molecule has 0 radical (unpaired) electrons. The first kappa shape index (κ1) is 9.16. The molecule has 0 atom stereocenters. The number of nitrogens with zero attached hydrogens (tertiary/aromatic N) is 1. The first-order valence-electron chi connectivity index (χ1n) is 4.76. The van der Waals surface area contributed by atoms with E-state index < -0.39 is 0 Å². The van der Waals surface area contributed by atoms with Crippen molar-refractivity contribution in [2.24, 2.45) is 5.41 Å². The molecule has 1 fully saturated rings. The maximum Gasteiger partial charge on any atom is 0.0795 e. The summed E-state index contributed by atoms with van der Waals surface area (Å²) in [6.07, 6.45) is 2.61. The molecule has 0 amide bonds. The van der Waals surface area contributed by atoms with Crippen molar-refractivity contribution in [3.63, 3.8) is 0 Å². The third kappa shape index (κ3) is 2.29. The zero-order valence-electron chi connectivity index (χ0n) is 8.21. The van der Waals surface area contributed by atoms with Crippen LogP contribution in [0.1, 0.15) is 32.4 Å². The molecule has 1 heterocycles. The lowest BCUT2D eigenvalue weighted by atomic mass is 9.68. The van der Waals surface area contributed by atoms with Gasteiger partial charge in [0.05, 0.1) is 11.2 Å². The Morgan fingerprint density at radius 2 is 2.38 bits per heavy atom. The number of thiazole rings is 1. The molecule has 0 unspecified atom stereocenters. The van der Waals surface area contributed by atoms with E-state index in [0.29, 0.717) is 5.41 Å². The fourth-order valence-corrected chi connectivity index (χ4v) is 2.55. The molecule has 2 nitrogen and oxygen atoms in total. The van der Waals surface area contributed by atoms with Crippen LogP contribution in [0.4, 0.5) is 0 Å². The topological polar surface area (TPSA) is 24.9 Å². The molecule has 1 aliphatic carbocycles. The molecule has 0 spiro atoms. The summed E-state index contributed by atoms with van der Waals surface area (Å²) in [5.74, 6) is 0. The van der Waals surface area contributed by atoms with Crippen LogP contribution in [-0.2, 0) is 6.54 Å². The highest BCUT2D eigenvalue weighted by Gasteiger charge is 2.35. The Balaban J connectivity index is 1.71. The van der Waals surface area contributed by atoms with Crippen molar-refractivity contribution in [3.05, 3.63) is 16.6 Å². The molecule has 0 aliphatic heterocycles. The molecule has 1 aliphatic rings. The Labute approximate surface area is 83.4 Å². The van der Waals surface area contributed by atoms with Crippen molar-refractivity contribution < 1.29 is 0 Å². The van der Waals surface area contributed by atoms with Gasteiger partial charge >= 0.3 is 0 Å². The summed E-state index contributed by atoms with van der Waals surface area (Å²) in [5, 5.41) is 5.63. The van der Waals surface area contributed by atoms with Gasteiger partial charge in [-0.05, 0) is 18.3 Å². The Kier molecular flexibility index (Phi) is 2.39. The molecular formula is C10H16N2S. The van der Waals surface area contributed by atoms with Crippen molar-refractivity contribution in [2.45, 2.75) is 39.3 Å². The molecule has 2 rings (SSSR count). The van der Waals surface area contributed by atoms with E-state index in [4.69, 9.17) is 0 Å². The van der Waals surface area contributed by atoms with Crippen molar-refractivity contribution in [2.75, 3.05) is 0 Å². The lowest BCUT2D eigenvalue weighted by Crippen LogP contribution is -2.45. The van der Waals surface area contributed by atoms with Crippen LogP contribution in [-0.4, -0.2) is 11.0 Å². The normalized spacial score (nSPS) is 21.4. The standard InChI is InChI=1S/C10H16N2S/c1-10(2)3-8(4-10)11-5-9-6-13-7-12-9/h6-8,11H,3-5H2,1-2H3. The average Bonchev–Trinajstić information content (AvgIpc) is 2.48. The lowest BCUT2D eigenvalue weighted by Gasteiger charge is -2.43. The van der Waals surface area contributed by atoms with Gasteiger partial charge in [-0.15, -0.1) is 11.3 Å². The van der Waals surface area contributed by atoms with Gasteiger partial charge in [0.2, 0.25) is 0 Å². The summed E-state index contributed by atoms with van der Waals surface area (Å²) in [6, 6.07) is 0.719. The Hall–Kier alpha value is -0.410. The Morgan fingerprint density at radius 1 is 1.62 bits per heavy atom. The van der Waals surface area contributed by atoms with Gasteiger partial charge in [-0.2, -0.15) is 0 Å². The predicted octanol–water partition coefficient (Wildman–Crippen LogP) is 2.42. The molecule has 0 aromatic carbocycles. The molecule has 1 aromatic rings. The number of hydrogen-bond acceptors (Lipinski definition) is 3. The van der Waals surface area contributed by atoms with Crippen LogP contribution in [0.15, 0.2) is 10.9 Å². The van der Waals surface area contributed by atoms with Gasteiger partial charge in [-0.1, -0.05) is 13.8 Å². The largest absolute Gasteiger partial charge is 0.308 e. The SMILES string of the molecule is CC1(C)CC(NCc2cscn2)C1. The van der Waals surface area contributed by atoms with E-state index in [0.717, 1.165) is 12.6 Å². The van der Waals surface area contributed by atoms with Gasteiger partial charge in [0.15, 0.2) is 0 Å².